The van der Waals surface area contributed by atoms with Crippen molar-refractivity contribution in [3.8, 4) is 0 Å². The number of aromatic amines is 1. The number of phosphoric acid groups is 1. The quantitative estimate of drug-likeness (QED) is 0.0563. The summed E-state index contributed by atoms with van der Waals surface area (Å²) in [6.07, 6.45) is 0.840. The molecule has 2 heterocycles. The molecular weight excluding hydrogens is 1100 g/mol. The van der Waals surface area contributed by atoms with Gasteiger partial charge in [0.25, 0.3) is 11.5 Å². The van der Waals surface area contributed by atoms with Gasteiger partial charge in [0, 0.05) is 48.1 Å². The van der Waals surface area contributed by atoms with Gasteiger partial charge in [-0.05, 0) is 30.7 Å². The number of H-pyrrole nitrogens is 1. The molecule has 17 nitrogen and oxygen atoms in total. The van der Waals surface area contributed by atoms with Crippen molar-refractivity contribution >= 4 is 144 Å². The lowest BCUT2D eigenvalue weighted by Gasteiger charge is -2.21. The number of aromatic nitrogens is 4. The van der Waals surface area contributed by atoms with E-state index in [1.54, 1.807) is 12.1 Å². The van der Waals surface area contributed by atoms with Gasteiger partial charge in [-0.25, -0.2) is 19.3 Å². The van der Waals surface area contributed by atoms with Crippen LogP contribution in [0.25, 0.3) is 11.2 Å². The molecule has 3 aromatic rings. The van der Waals surface area contributed by atoms with E-state index in [2.05, 4.69) is 126 Å². The van der Waals surface area contributed by atoms with Gasteiger partial charge in [0.05, 0.1) is 38.3 Å². The first kappa shape index (κ1) is 46.6. The van der Waals surface area contributed by atoms with E-state index in [9.17, 15) is 23.7 Å². The number of hydrogen-bond acceptors (Lipinski definition) is 13. The number of nitrogens with zero attached hydrogens (tertiary/aromatic N) is 3. The van der Waals surface area contributed by atoms with Gasteiger partial charge in [0.2, 0.25) is 5.95 Å². The molecule has 0 saturated carbocycles. The van der Waals surface area contributed by atoms with Crippen LogP contribution in [-0.4, -0.2) is 104 Å². The van der Waals surface area contributed by atoms with Crippen LogP contribution in [0.1, 0.15) is 28.9 Å². The molecule has 7 N–H and O–H groups in total. The second kappa shape index (κ2) is 24.1. The van der Waals surface area contributed by atoms with Crippen molar-refractivity contribution in [2.45, 2.75) is 39.9 Å². The average molecular weight is 1140 g/mol. The van der Waals surface area contributed by atoms with E-state index in [0.29, 0.717) is 27.4 Å². The van der Waals surface area contributed by atoms with Gasteiger partial charge in [-0.1, -0.05) is 95.6 Å². The number of carboxylic acid groups (broad SMARTS) is 2. The summed E-state index contributed by atoms with van der Waals surface area (Å²) in [6, 6.07) is 4.86. The minimum atomic E-state index is -3.57. The molecule has 24 heteroatoms. The fraction of sp³-hybridized carbons (Fsp3) is 0.464. The summed E-state index contributed by atoms with van der Waals surface area (Å²) in [5, 5.41) is 25.2. The van der Waals surface area contributed by atoms with Crippen molar-refractivity contribution < 1.29 is 42.7 Å². The zero-order valence-electron chi connectivity index (χ0n) is 26.9. The molecular formula is C28H34Br6N7O10P. The number of phosphoric ester groups is 1. The topological polar surface area (TPSA) is 258 Å². The number of aliphatic carboxylic acids is 2. The molecule has 0 aliphatic carbocycles. The Morgan fingerprint density at radius 3 is 1.92 bits per heavy atom. The molecule has 1 amide bonds. The zero-order chi connectivity index (χ0) is 38.8. The predicted octanol–water partition coefficient (Wildman–Crippen LogP) is 5.57. The van der Waals surface area contributed by atoms with Crippen LogP contribution in [0.5, 0.6) is 0 Å². The number of nitrogens with one attached hydrogen (secondary N) is 3. The van der Waals surface area contributed by atoms with Gasteiger partial charge < -0.3 is 26.6 Å². The molecule has 4 unspecified atom stereocenters. The van der Waals surface area contributed by atoms with Gasteiger partial charge in [-0.2, -0.15) is 4.98 Å². The van der Waals surface area contributed by atoms with Gasteiger partial charge in [0.15, 0.2) is 11.2 Å². The van der Waals surface area contributed by atoms with Crippen LogP contribution < -0.4 is 21.9 Å². The van der Waals surface area contributed by atoms with Gasteiger partial charge in [0.1, 0.15) is 6.04 Å². The number of amides is 1. The molecule has 52 heavy (non-hydrogen) atoms. The van der Waals surface area contributed by atoms with Crippen LogP contribution in [0.3, 0.4) is 0 Å². The highest BCUT2D eigenvalue weighted by Crippen LogP contribution is 2.50. The summed E-state index contributed by atoms with van der Waals surface area (Å²) in [4.78, 5) is 60.7. The molecule has 3 rings (SSSR count). The number of halogens is 6. The summed E-state index contributed by atoms with van der Waals surface area (Å²) in [5.74, 6) is -3.16. The molecule has 0 radical (unpaired) electrons. The molecule has 0 aliphatic rings. The molecule has 288 valence electrons. The zero-order valence-corrected chi connectivity index (χ0v) is 37.3. The maximum absolute atomic E-state index is 12.5. The Hall–Kier alpha value is -1.56. The van der Waals surface area contributed by atoms with Crippen LogP contribution in [-0.2, 0) is 34.3 Å². The molecule has 4 atom stereocenters. The number of fused-ring (bicyclic) bond motifs is 1. The van der Waals surface area contributed by atoms with Crippen LogP contribution in [0.15, 0.2) is 35.3 Å². The second-order valence-electron chi connectivity index (χ2n) is 10.3. The summed E-state index contributed by atoms with van der Waals surface area (Å²) < 4.78 is 28.5. The SMILES string of the molecule is Nc1nc2ncc(CNc3ccc(C(=O)NC(CCC(=O)O)C(=O)O)cc3)nc2c(=O)[nH]1.O=P(OCC(Br)CBr)(OCC(Br)CBr)OCC(Br)CBr. The minimum Gasteiger partial charge on any atom is -0.481 e. The standard InChI is InChI=1S/C19H19N7O6.C9H15Br6O4P/c20-19-25-15-14(17(30)26-19)23-11(8-22-15)7-21-10-3-1-9(2-4-10)16(29)24-12(18(31)32)5-6-13(27)28;10-1-7(13)4-17-20(16,18-5-8(14)2-11)19-6-9(15)3-12/h1-4,8,12,21H,5-7H2,(H,24,29)(H,27,28)(H,31,32)(H3,20,22,25,26,30);7-9H,1-6H2. The summed E-state index contributed by atoms with van der Waals surface area (Å²) >= 11 is 20.0. The molecule has 0 saturated heterocycles. The van der Waals surface area contributed by atoms with E-state index >= 15 is 0 Å². The number of nitrogen functional groups attached to an aromatic ring is 1. The van der Waals surface area contributed by atoms with E-state index < -0.39 is 37.3 Å². The Kier molecular flexibility index (Phi) is 21.6. The van der Waals surface area contributed by atoms with E-state index in [1.165, 1.54) is 18.3 Å². The predicted molar refractivity (Wildman–Crippen MR) is 217 cm³/mol. The monoisotopic (exact) mass is 1130 g/mol. The van der Waals surface area contributed by atoms with Crippen LogP contribution >= 0.6 is 103 Å². The van der Waals surface area contributed by atoms with Crippen molar-refractivity contribution in [2.75, 3.05) is 46.9 Å². The molecule has 0 fully saturated rings. The summed E-state index contributed by atoms with van der Waals surface area (Å²) in [7, 11) is -3.57. The lowest BCUT2D eigenvalue weighted by molar-refractivity contribution is -0.140. The number of benzene rings is 1. The maximum Gasteiger partial charge on any atom is 0.474 e. The van der Waals surface area contributed by atoms with Crippen molar-refractivity contribution in [1.29, 1.82) is 0 Å². The summed E-state index contributed by atoms with van der Waals surface area (Å²) in [6.45, 7) is 0.912. The second-order valence-corrected chi connectivity index (χ2v) is 17.8. The number of anilines is 2. The first-order chi connectivity index (χ1) is 24.6. The molecule has 2 aromatic heterocycles. The van der Waals surface area contributed by atoms with Crippen LogP contribution in [0, 0.1) is 0 Å². The van der Waals surface area contributed by atoms with Gasteiger partial charge >= 0.3 is 19.8 Å². The number of carboxylic acids is 2. The highest BCUT2D eigenvalue weighted by atomic mass is 79.9. The lowest BCUT2D eigenvalue weighted by atomic mass is 10.1. The molecule has 1 aromatic carbocycles. The molecule has 0 spiro atoms. The highest BCUT2D eigenvalue weighted by molar-refractivity contribution is 9.12. The fourth-order valence-corrected chi connectivity index (χ4v) is 6.40. The third-order valence-electron chi connectivity index (χ3n) is 6.10. The van der Waals surface area contributed by atoms with Crippen molar-refractivity contribution in [1.82, 2.24) is 25.3 Å². The minimum absolute atomic E-state index is 0.0370. The fourth-order valence-electron chi connectivity index (χ4n) is 3.52. The Balaban J connectivity index is 0.000000405. The normalized spacial score (nSPS) is 14.6. The number of carbonyl (C=O) groups is 3. The lowest BCUT2D eigenvalue weighted by Crippen LogP contribution is -2.41. The van der Waals surface area contributed by atoms with E-state index in [0.717, 1.165) is 0 Å². The van der Waals surface area contributed by atoms with Crippen molar-refractivity contribution in [2.24, 2.45) is 0 Å². The Bertz CT molecular complexity index is 1690. The molecule has 0 aliphatic heterocycles. The Morgan fingerprint density at radius 1 is 0.904 bits per heavy atom. The Morgan fingerprint density at radius 2 is 1.44 bits per heavy atom. The van der Waals surface area contributed by atoms with Crippen LogP contribution in [0.2, 0.25) is 0 Å². The maximum atomic E-state index is 12.5. The third kappa shape index (κ3) is 17.3. The number of alkyl halides is 6. The van der Waals surface area contributed by atoms with Gasteiger partial charge in [-0.15, -0.1) is 0 Å². The van der Waals surface area contributed by atoms with E-state index in [1.807, 2.05) is 0 Å². The molecule has 0 bridgehead atoms. The largest absolute Gasteiger partial charge is 0.481 e. The van der Waals surface area contributed by atoms with E-state index in [-0.39, 0.29) is 76.4 Å². The van der Waals surface area contributed by atoms with Crippen molar-refractivity contribution in [3.63, 3.8) is 0 Å². The summed E-state index contributed by atoms with van der Waals surface area (Å²) in [5.41, 5.74) is 6.47. The number of hydrogen-bond donors (Lipinski definition) is 6. The highest BCUT2D eigenvalue weighted by Gasteiger charge is 2.30. The van der Waals surface area contributed by atoms with E-state index in [4.69, 9.17) is 29.5 Å². The third-order valence-corrected chi connectivity index (χ3v) is 14.2. The smallest absolute Gasteiger partial charge is 0.474 e. The number of carbonyl (C=O) groups excluding carboxylic acids is 1. The first-order valence-electron chi connectivity index (χ1n) is 14.8. The van der Waals surface area contributed by atoms with Crippen LogP contribution in [0.4, 0.5) is 11.6 Å². The van der Waals surface area contributed by atoms with Crippen molar-refractivity contribution in [3.05, 3.63) is 52.1 Å². The van der Waals surface area contributed by atoms with Gasteiger partial charge in [-0.3, -0.25) is 32.9 Å². The number of nitrogens with two attached hydrogens (primary N) is 1. The first-order valence-corrected chi connectivity index (χ1v) is 22.4. The Labute approximate surface area is 348 Å². The number of rotatable bonds is 21. The average Bonchev–Trinajstić information content (AvgIpc) is 3.12.